The van der Waals surface area contributed by atoms with Crippen molar-refractivity contribution in [2.45, 2.75) is 57.6 Å². The number of unbranched alkanes of at least 4 members (excludes halogenated alkanes) is 2. The summed E-state index contributed by atoms with van der Waals surface area (Å²) in [7, 11) is 0. The fraction of sp³-hybridized carbons (Fsp3) is 0.440. The van der Waals surface area contributed by atoms with Gasteiger partial charge < -0.3 is 14.6 Å². The third-order valence-corrected chi connectivity index (χ3v) is 5.94. The van der Waals surface area contributed by atoms with Crippen LogP contribution in [0.1, 0.15) is 56.5 Å². The van der Waals surface area contributed by atoms with Gasteiger partial charge in [-0.15, -0.1) is 0 Å². The predicted octanol–water partition coefficient (Wildman–Crippen LogP) is 4.65. The Morgan fingerprint density at radius 3 is 2.73 bits per heavy atom. The summed E-state index contributed by atoms with van der Waals surface area (Å²) in [5.74, 6) is 1.18. The number of rotatable bonds is 9. The van der Waals surface area contributed by atoms with Crippen LogP contribution < -0.4 is 5.32 Å². The summed E-state index contributed by atoms with van der Waals surface area (Å²) in [4.78, 5) is 16.9. The molecule has 1 aliphatic heterocycles. The van der Waals surface area contributed by atoms with Crippen LogP contribution in [0.4, 0.5) is 0 Å². The summed E-state index contributed by atoms with van der Waals surface area (Å²) in [5, 5.41) is 3.01. The summed E-state index contributed by atoms with van der Waals surface area (Å²) in [6.07, 6.45) is 5.64. The Morgan fingerprint density at radius 2 is 1.93 bits per heavy atom. The van der Waals surface area contributed by atoms with Crippen LogP contribution in [0.15, 0.2) is 54.6 Å². The first-order valence-corrected chi connectivity index (χ1v) is 11.1. The largest absolute Gasteiger partial charge is 0.368 e. The number of aryl methyl sites for hydroxylation is 1. The molecular weight excluding hydrogens is 374 g/mol. The average molecular weight is 406 g/mol. The molecule has 30 heavy (non-hydrogen) atoms. The number of fused-ring (bicyclic) bond motifs is 1. The summed E-state index contributed by atoms with van der Waals surface area (Å²) < 4.78 is 7.81. The van der Waals surface area contributed by atoms with Gasteiger partial charge in [0, 0.05) is 19.6 Å². The zero-order valence-corrected chi connectivity index (χ0v) is 17.7. The summed E-state index contributed by atoms with van der Waals surface area (Å²) >= 11 is 0. The molecule has 1 N–H and O–H groups in total. The van der Waals surface area contributed by atoms with E-state index >= 15 is 0 Å². The summed E-state index contributed by atoms with van der Waals surface area (Å²) in [6, 6.07) is 19.2. The first-order valence-electron chi connectivity index (χ1n) is 11.1. The minimum absolute atomic E-state index is 0.0472. The second-order valence-corrected chi connectivity index (χ2v) is 8.08. The van der Waals surface area contributed by atoms with Gasteiger partial charge in [-0.3, -0.25) is 4.79 Å². The van der Waals surface area contributed by atoms with E-state index in [0.29, 0.717) is 6.61 Å². The van der Waals surface area contributed by atoms with Crippen molar-refractivity contribution in [3.63, 3.8) is 0 Å². The maximum absolute atomic E-state index is 12.0. The molecule has 1 aromatic heterocycles. The number of hydrogen-bond donors (Lipinski definition) is 1. The van der Waals surface area contributed by atoms with Gasteiger partial charge in [-0.2, -0.15) is 0 Å². The molecule has 0 radical (unpaired) electrons. The number of imidazole rings is 1. The molecule has 2 heterocycles. The molecule has 5 heteroatoms. The Hall–Kier alpha value is -2.66. The molecule has 3 aromatic rings. The molecular formula is C25H31N3O2. The van der Waals surface area contributed by atoms with Crippen LogP contribution in [0.3, 0.4) is 0 Å². The second-order valence-electron chi connectivity index (χ2n) is 8.08. The molecule has 4 rings (SSSR count). The average Bonchev–Trinajstić information content (AvgIpc) is 3.44. The molecule has 0 bridgehead atoms. The van der Waals surface area contributed by atoms with Gasteiger partial charge in [0.15, 0.2) is 0 Å². The monoisotopic (exact) mass is 405 g/mol. The van der Waals surface area contributed by atoms with E-state index in [2.05, 4.69) is 65.3 Å². The minimum atomic E-state index is -0.232. The number of ether oxygens (including phenoxy) is 1. The Kier molecular flexibility index (Phi) is 6.80. The number of nitrogens with one attached hydrogen (secondary N) is 1. The fourth-order valence-corrected chi connectivity index (χ4v) is 4.28. The van der Waals surface area contributed by atoms with Crippen molar-refractivity contribution in [2.24, 2.45) is 0 Å². The lowest BCUT2D eigenvalue weighted by atomic mass is 10.1. The van der Waals surface area contributed by atoms with Crippen molar-refractivity contribution in [3.8, 4) is 0 Å². The normalized spacial score (nSPS) is 17.3. The predicted molar refractivity (Wildman–Crippen MR) is 120 cm³/mol. The molecule has 0 aliphatic carbocycles. The van der Waals surface area contributed by atoms with E-state index in [1.807, 2.05) is 6.07 Å². The highest BCUT2D eigenvalue weighted by Crippen LogP contribution is 2.26. The number of carbonyl (C=O) groups excluding carboxylic acids is 1. The molecule has 2 atom stereocenters. The maximum atomic E-state index is 12.0. The number of nitrogens with zero attached hydrogens (tertiary/aromatic N) is 2. The molecule has 158 valence electrons. The Bertz CT molecular complexity index is 961. The number of carbonyl (C=O) groups is 1. The van der Waals surface area contributed by atoms with E-state index in [9.17, 15) is 4.79 Å². The topological polar surface area (TPSA) is 56.2 Å². The molecule has 5 nitrogen and oxygen atoms in total. The van der Waals surface area contributed by atoms with Crippen molar-refractivity contribution in [1.29, 1.82) is 0 Å². The Labute approximate surface area is 178 Å². The van der Waals surface area contributed by atoms with Gasteiger partial charge in [-0.05, 0) is 50.3 Å². The van der Waals surface area contributed by atoms with Crippen molar-refractivity contribution in [2.75, 3.05) is 13.2 Å². The van der Waals surface area contributed by atoms with Crippen LogP contribution in [-0.4, -0.2) is 34.7 Å². The molecule has 2 aromatic carbocycles. The van der Waals surface area contributed by atoms with Crippen LogP contribution in [0.25, 0.3) is 11.0 Å². The molecule has 0 spiro atoms. The van der Waals surface area contributed by atoms with Gasteiger partial charge in [0.2, 0.25) is 5.91 Å². The SMILES string of the molecule is CC(c1ccccc1)n1c(CCCCCNC(=O)C2CCCO2)nc2ccccc21. The van der Waals surface area contributed by atoms with Crippen LogP contribution in [0, 0.1) is 0 Å². The number of benzene rings is 2. The lowest BCUT2D eigenvalue weighted by molar-refractivity contribution is -0.130. The molecule has 1 saturated heterocycles. The first-order chi connectivity index (χ1) is 14.7. The number of hydrogen-bond acceptors (Lipinski definition) is 3. The minimum Gasteiger partial charge on any atom is -0.368 e. The number of para-hydroxylation sites is 2. The van der Waals surface area contributed by atoms with Crippen LogP contribution in [-0.2, 0) is 16.0 Å². The fourth-order valence-electron chi connectivity index (χ4n) is 4.28. The number of aromatic nitrogens is 2. The smallest absolute Gasteiger partial charge is 0.249 e. The highest BCUT2D eigenvalue weighted by atomic mass is 16.5. The van der Waals surface area contributed by atoms with Gasteiger partial charge in [0.1, 0.15) is 11.9 Å². The first kappa shape index (κ1) is 20.6. The zero-order chi connectivity index (χ0) is 20.8. The van der Waals surface area contributed by atoms with E-state index < -0.39 is 0 Å². The Balaban J connectivity index is 1.35. The number of amides is 1. The van der Waals surface area contributed by atoms with Gasteiger partial charge >= 0.3 is 0 Å². The third-order valence-electron chi connectivity index (χ3n) is 5.94. The van der Waals surface area contributed by atoms with E-state index in [0.717, 1.165) is 56.4 Å². The molecule has 2 unspecified atom stereocenters. The highest BCUT2D eigenvalue weighted by Gasteiger charge is 2.22. The second kappa shape index (κ2) is 9.90. The van der Waals surface area contributed by atoms with E-state index in [1.54, 1.807) is 0 Å². The molecule has 0 saturated carbocycles. The van der Waals surface area contributed by atoms with Crippen molar-refractivity contribution < 1.29 is 9.53 Å². The van der Waals surface area contributed by atoms with E-state index in [4.69, 9.17) is 9.72 Å². The van der Waals surface area contributed by atoms with Crippen LogP contribution >= 0.6 is 0 Å². The van der Waals surface area contributed by atoms with E-state index in [-0.39, 0.29) is 18.1 Å². The highest BCUT2D eigenvalue weighted by molar-refractivity contribution is 5.80. The summed E-state index contributed by atoms with van der Waals surface area (Å²) in [5.41, 5.74) is 3.53. The van der Waals surface area contributed by atoms with Gasteiger partial charge in [-0.1, -0.05) is 48.9 Å². The van der Waals surface area contributed by atoms with Crippen LogP contribution in [0.5, 0.6) is 0 Å². The van der Waals surface area contributed by atoms with Gasteiger partial charge in [-0.25, -0.2) is 4.98 Å². The lowest BCUT2D eigenvalue weighted by Crippen LogP contribution is -2.34. The quantitative estimate of drug-likeness (QED) is 0.527. The molecule has 1 fully saturated rings. The van der Waals surface area contributed by atoms with Crippen molar-refractivity contribution >= 4 is 16.9 Å². The standard InChI is InChI=1S/C25H31N3O2/c1-19(20-11-4-2-5-12-20)28-22-14-8-7-13-21(22)27-24(28)16-6-3-9-17-26-25(29)23-15-10-18-30-23/h2,4-5,7-8,11-14,19,23H,3,6,9-10,15-18H2,1H3,(H,26,29). The Morgan fingerprint density at radius 1 is 1.13 bits per heavy atom. The van der Waals surface area contributed by atoms with Crippen molar-refractivity contribution in [1.82, 2.24) is 14.9 Å². The lowest BCUT2D eigenvalue weighted by Gasteiger charge is -2.18. The van der Waals surface area contributed by atoms with Gasteiger partial charge in [0.05, 0.1) is 17.1 Å². The zero-order valence-electron chi connectivity index (χ0n) is 17.7. The van der Waals surface area contributed by atoms with Crippen LogP contribution in [0.2, 0.25) is 0 Å². The third kappa shape index (κ3) is 4.73. The molecule has 1 aliphatic rings. The molecule has 1 amide bonds. The maximum Gasteiger partial charge on any atom is 0.249 e. The summed E-state index contributed by atoms with van der Waals surface area (Å²) in [6.45, 7) is 3.67. The van der Waals surface area contributed by atoms with Gasteiger partial charge in [0.25, 0.3) is 0 Å². The van der Waals surface area contributed by atoms with Crippen molar-refractivity contribution in [3.05, 3.63) is 66.0 Å². The van der Waals surface area contributed by atoms with E-state index in [1.165, 1.54) is 11.1 Å².